The lowest BCUT2D eigenvalue weighted by atomic mass is 10.1. The number of rotatable bonds is 7. The third-order valence-electron chi connectivity index (χ3n) is 4.99. The quantitative estimate of drug-likeness (QED) is 0.421. The first-order valence-corrected chi connectivity index (χ1v) is 10.6. The van der Waals surface area contributed by atoms with Gasteiger partial charge in [0.05, 0.1) is 30.8 Å². The van der Waals surface area contributed by atoms with Crippen molar-refractivity contribution in [3.8, 4) is 0 Å². The van der Waals surface area contributed by atoms with Crippen LogP contribution in [0, 0.1) is 0 Å². The van der Waals surface area contributed by atoms with Crippen LogP contribution in [-0.2, 0) is 27.0 Å². The summed E-state index contributed by atoms with van der Waals surface area (Å²) in [6.45, 7) is 3.38. The molecule has 190 valence electrons. The first kappa shape index (κ1) is 24.7. The van der Waals surface area contributed by atoms with Gasteiger partial charge in [-0.2, -0.15) is 23.4 Å². The largest absolute Gasteiger partial charge is 0.441 e. The summed E-state index contributed by atoms with van der Waals surface area (Å²) in [4.78, 5) is 15.4. The Labute approximate surface area is 196 Å². The van der Waals surface area contributed by atoms with Gasteiger partial charge in [0.1, 0.15) is 11.6 Å². The van der Waals surface area contributed by atoms with Crippen LogP contribution < -0.4 is 10.6 Å². The number of hydrogen-bond acceptors (Lipinski definition) is 8. The van der Waals surface area contributed by atoms with Crippen LogP contribution in [0.5, 0.6) is 0 Å². The number of fused-ring (bicyclic) bond motifs is 1. The van der Waals surface area contributed by atoms with Gasteiger partial charge in [-0.05, 0) is 19.9 Å². The van der Waals surface area contributed by atoms with Crippen LogP contribution in [0.15, 0.2) is 18.3 Å². The second-order valence-electron chi connectivity index (χ2n) is 8.15. The number of halogens is 4. The number of carbonyl (C=O) groups is 1. The van der Waals surface area contributed by atoms with Gasteiger partial charge in [0.2, 0.25) is 0 Å². The molecule has 3 atom stereocenters. The van der Waals surface area contributed by atoms with Crippen LogP contribution >= 0.6 is 0 Å². The predicted molar refractivity (Wildman–Crippen MR) is 113 cm³/mol. The average Bonchev–Trinajstić information content (AvgIpc) is 3.46. The van der Waals surface area contributed by atoms with Crippen LogP contribution in [0.25, 0.3) is 5.52 Å². The molecule has 1 amide bonds. The molecule has 1 saturated heterocycles. The molecule has 3 aromatic rings. The summed E-state index contributed by atoms with van der Waals surface area (Å²) in [5.74, 6) is -0.0932. The number of H-pyrrole nitrogens is 1. The molecule has 0 radical (unpaired) electrons. The van der Waals surface area contributed by atoms with E-state index in [4.69, 9.17) is 14.2 Å². The van der Waals surface area contributed by atoms with Crippen molar-refractivity contribution in [3.05, 3.63) is 35.4 Å². The van der Waals surface area contributed by atoms with Gasteiger partial charge in [-0.3, -0.25) is 5.10 Å². The molecule has 0 bridgehead atoms. The van der Waals surface area contributed by atoms with Gasteiger partial charge < -0.3 is 24.8 Å². The maximum Gasteiger partial charge on any atom is 0.434 e. The Morgan fingerprint density at radius 3 is 2.83 bits per heavy atom. The van der Waals surface area contributed by atoms with E-state index in [1.165, 1.54) is 19.2 Å². The fourth-order valence-corrected chi connectivity index (χ4v) is 3.50. The minimum Gasteiger partial charge on any atom is -0.441 e. The SMILES string of the molecule is COCc1cc2c(Nc3cc([C@H]4OC[C@@H](OC(=O)NC(C)C)[C@H]4F)[nH]n3)nc(C(F)(F)F)cn2n1. The molecule has 11 nitrogen and oxygen atoms in total. The molecule has 3 aromatic heterocycles. The number of alkyl carbamates (subject to hydrolysis) is 1. The second kappa shape index (κ2) is 9.65. The van der Waals surface area contributed by atoms with Crippen molar-refractivity contribution in [2.45, 2.75) is 51.1 Å². The molecule has 1 fully saturated rings. The number of aromatic amines is 1. The topological polar surface area (TPSA) is 128 Å². The zero-order valence-electron chi connectivity index (χ0n) is 18.9. The number of nitrogens with one attached hydrogen (secondary N) is 3. The third kappa shape index (κ3) is 5.45. The highest BCUT2D eigenvalue weighted by Crippen LogP contribution is 2.34. The van der Waals surface area contributed by atoms with Gasteiger partial charge in [-0.25, -0.2) is 18.7 Å². The second-order valence-corrected chi connectivity index (χ2v) is 8.15. The molecular formula is C20H23F4N7O4. The summed E-state index contributed by atoms with van der Waals surface area (Å²) in [6.07, 6.45) is -8.65. The van der Waals surface area contributed by atoms with Crippen molar-refractivity contribution in [1.82, 2.24) is 30.1 Å². The van der Waals surface area contributed by atoms with Crippen LogP contribution in [-0.4, -0.2) is 62.9 Å². The maximum atomic E-state index is 14.9. The van der Waals surface area contributed by atoms with E-state index >= 15 is 0 Å². The normalized spacial score (nSPS) is 20.5. The standard InChI is InChI=1S/C20H23F4N7O4/c1-9(2)25-19(32)35-13-8-34-17(16(13)21)11-5-15(29-28-11)27-18-12-4-10(7-33-3)30-31(12)6-14(26-18)20(22,23)24/h4-6,9,13,16-17H,7-8H2,1-3H3,(H,25,32)(H2,26,27,28,29)/t13-,16-,17-/m1/s1. The van der Waals surface area contributed by atoms with Crippen LogP contribution in [0.4, 0.5) is 34.0 Å². The molecule has 4 rings (SSSR count). The summed E-state index contributed by atoms with van der Waals surface area (Å²) in [5.41, 5.74) is -0.323. The van der Waals surface area contributed by atoms with E-state index in [0.29, 0.717) is 5.69 Å². The summed E-state index contributed by atoms with van der Waals surface area (Å²) in [5, 5.41) is 15.9. The Balaban J connectivity index is 1.54. The fourth-order valence-electron chi connectivity index (χ4n) is 3.50. The monoisotopic (exact) mass is 501 g/mol. The number of anilines is 2. The van der Waals surface area contributed by atoms with Crippen molar-refractivity contribution < 1.29 is 36.6 Å². The lowest BCUT2D eigenvalue weighted by Crippen LogP contribution is -2.36. The number of nitrogens with zero attached hydrogens (tertiary/aromatic N) is 4. The number of ether oxygens (including phenoxy) is 3. The van der Waals surface area contributed by atoms with Crippen LogP contribution in [0.3, 0.4) is 0 Å². The van der Waals surface area contributed by atoms with Gasteiger partial charge >= 0.3 is 12.3 Å². The molecule has 4 heterocycles. The minimum atomic E-state index is -4.72. The van der Waals surface area contributed by atoms with E-state index in [-0.39, 0.29) is 42.1 Å². The van der Waals surface area contributed by atoms with Crippen molar-refractivity contribution in [3.63, 3.8) is 0 Å². The molecule has 1 aliphatic heterocycles. The summed E-state index contributed by atoms with van der Waals surface area (Å²) in [6, 6.07) is 2.71. The third-order valence-corrected chi connectivity index (χ3v) is 4.99. The zero-order chi connectivity index (χ0) is 25.3. The first-order valence-electron chi connectivity index (χ1n) is 10.6. The Bertz CT molecular complexity index is 1200. The predicted octanol–water partition coefficient (Wildman–Crippen LogP) is 3.27. The van der Waals surface area contributed by atoms with E-state index in [0.717, 1.165) is 10.7 Å². The molecule has 0 unspecified atom stereocenters. The van der Waals surface area contributed by atoms with Gasteiger partial charge in [-0.15, -0.1) is 0 Å². The highest BCUT2D eigenvalue weighted by atomic mass is 19.4. The molecule has 0 spiro atoms. The maximum absolute atomic E-state index is 14.9. The summed E-state index contributed by atoms with van der Waals surface area (Å²) >= 11 is 0. The van der Waals surface area contributed by atoms with E-state index in [9.17, 15) is 22.4 Å². The van der Waals surface area contributed by atoms with Crippen molar-refractivity contribution in [2.75, 3.05) is 19.0 Å². The van der Waals surface area contributed by atoms with Crippen molar-refractivity contribution in [2.24, 2.45) is 0 Å². The minimum absolute atomic E-state index is 0.0703. The summed E-state index contributed by atoms with van der Waals surface area (Å²) in [7, 11) is 1.43. The molecule has 0 aliphatic carbocycles. The van der Waals surface area contributed by atoms with E-state index in [1.807, 2.05) is 0 Å². The van der Waals surface area contributed by atoms with Gasteiger partial charge in [0, 0.05) is 19.2 Å². The zero-order valence-corrected chi connectivity index (χ0v) is 18.9. The van der Waals surface area contributed by atoms with Gasteiger partial charge in [0.25, 0.3) is 0 Å². The van der Waals surface area contributed by atoms with Crippen LogP contribution in [0.2, 0.25) is 0 Å². The number of carbonyl (C=O) groups excluding carboxylic acids is 1. The average molecular weight is 501 g/mol. The Hall–Kier alpha value is -3.46. The van der Waals surface area contributed by atoms with Gasteiger partial charge in [-0.1, -0.05) is 0 Å². The van der Waals surface area contributed by atoms with E-state index in [1.54, 1.807) is 13.8 Å². The molecule has 15 heteroatoms. The Kier molecular flexibility index (Phi) is 6.80. The Morgan fingerprint density at radius 1 is 1.37 bits per heavy atom. The lowest BCUT2D eigenvalue weighted by molar-refractivity contribution is -0.141. The highest BCUT2D eigenvalue weighted by molar-refractivity contribution is 5.72. The van der Waals surface area contributed by atoms with Crippen molar-refractivity contribution in [1.29, 1.82) is 0 Å². The first-order chi connectivity index (χ1) is 16.5. The summed E-state index contributed by atoms with van der Waals surface area (Å²) < 4.78 is 71.5. The molecule has 1 aliphatic rings. The number of hydrogen-bond donors (Lipinski definition) is 3. The Morgan fingerprint density at radius 2 is 2.14 bits per heavy atom. The van der Waals surface area contributed by atoms with E-state index in [2.05, 4.69) is 30.9 Å². The highest BCUT2D eigenvalue weighted by Gasteiger charge is 2.42. The molecule has 35 heavy (non-hydrogen) atoms. The number of alkyl halides is 4. The van der Waals surface area contributed by atoms with Gasteiger partial charge in [0.15, 0.2) is 29.6 Å². The lowest BCUT2D eigenvalue weighted by Gasteiger charge is -2.16. The smallest absolute Gasteiger partial charge is 0.434 e. The number of amides is 1. The van der Waals surface area contributed by atoms with E-state index < -0.39 is 36.3 Å². The van der Waals surface area contributed by atoms with Crippen molar-refractivity contribution >= 4 is 23.2 Å². The molecule has 0 aromatic carbocycles. The fraction of sp³-hybridized carbons (Fsp3) is 0.500. The number of aromatic nitrogens is 5. The van der Waals surface area contributed by atoms with Crippen LogP contribution in [0.1, 0.15) is 37.0 Å². The molecule has 3 N–H and O–H groups in total. The molecule has 0 saturated carbocycles. The molecular weight excluding hydrogens is 478 g/mol. The number of methoxy groups -OCH3 is 1.